The molecule has 194 valence electrons. The zero-order chi connectivity index (χ0) is 26.5. The van der Waals surface area contributed by atoms with Gasteiger partial charge in [-0.15, -0.1) is 0 Å². The van der Waals surface area contributed by atoms with Gasteiger partial charge in [-0.05, 0) is 62.1 Å². The van der Waals surface area contributed by atoms with E-state index in [2.05, 4.69) is 21.5 Å². The molecule has 0 saturated heterocycles. The zero-order valence-corrected chi connectivity index (χ0v) is 21.2. The highest BCUT2D eigenvalue weighted by Crippen LogP contribution is 2.32. The summed E-state index contributed by atoms with van der Waals surface area (Å²) in [6.45, 7) is 6.74. The highest BCUT2D eigenvalue weighted by Gasteiger charge is 2.23. The largest absolute Gasteiger partial charge is 0.490 e. The number of ether oxygens (including phenoxy) is 1. The van der Waals surface area contributed by atoms with Crippen molar-refractivity contribution in [3.05, 3.63) is 52.6 Å². The first-order valence-electron chi connectivity index (χ1n) is 12.2. The van der Waals surface area contributed by atoms with Gasteiger partial charge in [0.15, 0.2) is 0 Å². The smallest absolute Gasteiger partial charge is 0.258 e. The van der Waals surface area contributed by atoms with Gasteiger partial charge in [0.1, 0.15) is 11.8 Å². The van der Waals surface area contributed by atoms with Gasteiger partial charge in [0.2, 0.25) is 11.7 Å². The van der Waals surface area contributed by atoms with Crippen LogP contribution in [0.1, 0.15) is 36.1 Å². The Morgan fingerprint density at radius 2 is 2.05 bits per heavy atom. The molecule has 0 aliphatic carbocycles. The number of nitrogens with one attached hydrogen (secondary N) is 1. The molecule has 3 N–H and O–H groups in total. The number of carbonyl (C=O) groups excluding carboxylic acids is 1. The molecule has 0 unspecified atom stereocenters. The molecule has 1 aliphatic heterocycles. The van der Waals surface area contributed by atoms with Crippen molar-refractivity contribution < 1.29 is 24.3 Å². The highest BCUT2D eigenvalue weighted by atomic mass is 16.5. The fraction of sp³-hybridized carbons (Fsp3) is 0.407. The third-order valence-electron chi connectivity index (χ3n) is 6.32. The third-order valence-corrected chi connectivity index (χ3v) is 6.32. The molecule has 10 nitrogen and oxygen atoms in total. The average Bonchev–Trinajstić information content (AvgIpc) is 3.37. The molecule has 4 rings (SSSR count). The Morgan fingerprint density at radius 3 is 2.76 bits per heavy atom. The maximum Gasteiger partial charge on any atom is 0.258 e. The quantitative estimate of drug-likeness (QED) is 0.398. The van der Waals surface area contributed by atoms with Gasteiger partial charge in [0, 0.05) is 24.2 Å². The number of benzene rings is 2. The maximum atomic E-state index is 12.3. The van der Waals surface area contributed by atoms with Gasteiger partial charge in [0.25, 0.3) is 5.89 Å². The molecule has 37 heavy (non-hydrogen) atoms. The van der Waals surface area contributed by atoms with Gasteiger partial charge in [-0.1, -0.05) is 17.3 Å². The van der Waals surface area contributed by atoms with Crippen molar-refractivity contribution >= 4 is 5.91 Å². The Balaban J connectivity index is 1.50. The molecule has 1 amide bonds. The van der Waals surface area contributed by atoms with Crippen LogP contribution in [-0.4, -0.2) is 69.6 Å². The molecule has 2 aromatic carbocycles. The average molecular weight is 506 g/mol. The number of nitriles is 1. The minimum Gasteiger partial charge on any atom is -0.490 e. The van der Waals surface area contributed by atoms with Gasteiger partial charge >= 0.3 is 0 Å². The maximum absolute atomic E-state index is 12.3. The highest BCUT2D eigenvalue weighted by molar-refractivity contribution is 5.78. The van der Waals surface area contributed by atoms with Crippen molar-refractivity contribution in [1.82, 2.24) is 20.4 Å². The van der Waals surface area contributed by atoms with Gasteiger partial charge < -0.3 is 24.8 Å². The summed E-state index contributed by atoms with van der Waals surface area (Å²) in [5.41, 5.74) is 5.30. The lowest BCUT2D eigenvalue weighted by atomic mass is 9.91. The second-order valence-corrected chi connectivity index (χ2v) is 9.38. The number of aromatic nitrogens is 2. The molecular formula is C27H31N5O5. The monoisotopic (exact) mass is 505 g/mol. The number of aliphatic hydroxyl groups excluding tert-OH is 2. The van der Waals surface area contributed by atoms with Crippen molar-refractivity contribution in [3.8, 4) is 34.7 Å². The summed E-state index contributed by atoms with van der Waals surface area (Å²) >= 11 is 0. The summed E-state index contributed by atoms with van der Waals surface area (Å²) in [7, 11) is 0. The van der Waals surface area contributed by atoms with Crippen LogP contribution in [0.5, 0.6) is 5.75 Å². The Kier molecular flexibility index (Phi) is 8.18. The lowest BCUT2D eigenvalue weighted by Crippen LogP contribution is -2.46. The second kappa shape index (κ2) is 11.5. The first kappa shape index (κ1) is 26.3. The SMILES string of the molecule is Cc1c(-c2noc(-c3ccc(OC(C)C)c(C#N)c3)n2)ccc2c1CCN(CC(=O)NC(CO)CO)C2. The molecular weight excluding hydrogens is 474 g/mol. The van der Waals surface area contributed by atoms with E-state index in [0.717, 1.165) is 23.1 Å². The molecule has 2 heterocycles. The van der Waals surface area contributed by atoms with Crippen LogP contribution >= 0.6 is 0 Å². The van der Waals surface area contributed by atoms with E-state index >= 15 is 0 Å². The Labute approximate surface area is 215 Å². The van der Waals surface area contributed by atoms with E-state index in [1.54, 1.807) is 18.2 Å². The molecule has 0 atom stereocenters. The Morgan fingerprint density at radius 1 is 1.27 bits per heavy atom. The van der Waals surface area contributed by atoms with Crippen molar-refractivity contribution in [1.29, 1.82) is 5.26 Å². The topological polar surface area (TPSA) is 145 Å². The third kappa shape index (κ3) is 5.97. The summed E-state index contributed by atoms with van der Waals surface area (Å²) < 4.78 is 11.2. The Bertz CT molecular complexity index is 1310. The lowest BCUT2D eigenvalue weighted by molar-refractivity contribution is -0.123. The number of carbonyl (C=O) groups is 1. The summed E-state index contributed by atoms with van der Waals surface area (Å²) in [6.07, 6.45) is 0.716. The summed E-state index contributed by atoms with van der Waals surface area (Å²) in [4.78, 5) is 18.9. The molecule has 3 aromatic rings. The number of hydrogen-bond acceptors (Lipinski definition) is 9. The predicted molar refractivity (Wildman–Crippen MR) is 135 cm³/mol. The second-order valence-electron chi connectivity index (χ2n) is 9.38. The molecule has 1 aliphatic rings. The number of fused-ring (bicyclic) bond motifs is 1. The zero-order valence-electron chi connectivity index (χ0n) is 21.2. The number of rotatable bonds is 9. The minimum absolute atomic E-state index is 0.0472. The minimum atomic E-state index is -0.646. The van der Waals surface area contributed by atoms with E-state index < -0.39 is 6.04 Å². The lowest BCUT2D eigenvalue weighted by Gasteiger charge is -2.30. The number of nitrogens with zero attached hydrogens (tertiary/aromatic N) is 4. The van der Waals surface area contributed by atoms with Crippen LogP contribution in [0.4, 0.5) is 0 Å². The molecule has 10 heteroatoms. The van der Waals surface area contributed by atoms with Crippen LogP contribution in [0.15, 0.2) is 34.9 Å². The number of hydrogen-bond donors (Lipinski definition) is 3. The molecule has 0 saturated carbocycles. The number of amides is 1. The van der Waals surface area contributed by atoms with E-state index in [4.69, 9.17) is 19.5 Å². The van der Waals surface area contributed by atoms with E-state index in [9.17, 15) is 10.1 Å². The normalized spacial score (nSPS) is 13.5. The van der Waals surface area contributed by atoms with Gasteiger partial charge in [-0.3, -0.25) is 9.69 Å². The van der Waals surface area contributed by atoms with Crippen LogP contribution in [0, 0.1) is 18.3 Å². The van der Waals surface area contributed by atoms with Crippen molar-refractivity contribution in [2.24, 2.45) is 0 Å². The van der Waals surface area contributed by atoms with Crippen LogP contribution in [0.25, 0.3) is 22.8 Å². The first-order chi connectivity index (χ1) is 17.8. The summed E-state index contributed by atoms with van der Waals surface area (Å²) in [5.74, 6) is 1.07. The van der Waals surface area contributed by atoms with E-state index in [-0.39, 0.29) is 31.8 Å². The molecule has 0 fully saturated rings. The molecule has 1 aromatic heterocycles. The fourth-order valence-electron chi connectivity index (χ4n) is 4.46. The summed E-state index contributed by atoms with van der Waals surface area (Å²) in [5, 5.41) is 34.7. The summed E-state index contributed by atoms with van der Waals surface area (Å²) in [6, 6.07) is 10.7. The first-order valence-corrected chi connectivity index (χ1v) is 12.2. The molecule has 0 spiro atoms. The van der Waals surface area contributed by atoms with Gasteiger partial charge in [-0.25, -0.2) is 0 Å². The van der Waals surface area contributed by atoms with E-state index in [0.29, 0.717) is 41.7 Å². The van der Waals surface area contributed by atoms with Gasteiger partial charge in [0.05, 0.1) is 37.5 Å². The van der Waals surface area contributed by atoms with Gasteiger partial charge in [-0.2, -0.15) is 10.2 Å². The Hall–Kier alpha value is -3.78. The standard InChI is InChI=1S/C27H31N5O5/c1-16(2)36-24-7-5-18(10-20(24)11-28)27-30-26(31-37-27)23-6-4-19-12-32(9-8-22(19)17(23)3)13-25(35)29-21(14-33)15-34/h4-7,10,16,21,33-34H,8-9,12-15H2,1-3H3,(H,29,35). The van der Waals surface area contributed by atoms with Crippen LogP contribution < -0.4 is 10.1 Å². The van der Waals surface area contributed by atoms with Crippen molar-refractivity contribution in [2.45, 2.75) is 45.9 Å². The number of aliphatic hydroxyl groups is 2. The van der Waals surface area contributed by atoms with E-state index in [1.807, 2.05) is 37.8 Å². The van der Waals surface area contributed by atoms with Crippen LogP contribution in [0.2, 0.25) is 0 Å². The van der Waals surface area contributed by atoms with Crippen molar-refractivity contribution in [2.75, 3.05) is 26.3 Å². The van der Waals surface area contributed by atoms with Crippen molar-refractivity contribution in [3.63, 3.8) is 0 Å². The van der Waals surface area contributed by atoms with Crippen LogP contribution in [-0.2, 0) is 17.8 Å². The van der Waals surface area contributed by atoms with Crippen LogP contribution in [0.3, 0.4) is 0 Å². The fourth-order valence-corrected chi connectivity index (χ4v) is 4.46. The molecule has 0 radical (unpaired) electrons. The predicted octanol–water partition coefficient (Wildman–Crippen LogP) is 2.20. The molecule has 0 bridgehead atoms. The van der Waals surface area contributed by atoms with E-state index in [1.165, 1.54) is 5.56 Å².